The van der Waals surface area contributed by atoms with Crippen molar-refractivity contribution in [1.29, 1.82) is 0 Å². The van der Waals surface area contributed by atoms with E-state index in [2.05, 4.69) is 4.98 Å². The third-order valence-electron chi connectivity index (χ3n) is 3.18. The van der Waals surface area contributed by atoms with Crippen LogP contribution in [0.5, 0.6) is 5.75 Å². The number of ether oxygens (including phenoxy) is 1. The van der Waals surface area contributed by atoms with E-state index >= 15 is 0 Å². The lowest BCUT2D eigenvalue weighted by atomic mass is 9.97. The van der Waals surface area contributed by atoms with Crippen LogP contribution in [0.15, 0.2) is 30.5 Å². The lowest BCUT2D eigenvalue weighted by molar-refractivity contribution is 0.146. The molecule has 0 radical (unpaired) electrons. The van der Waals surface area contributed by atoms with Gasteiger partial charge in [-0.25, -0.2) is 0 Å². The van der Waals surface area contributed by atoms with Crippen LogP contribution in [0, 0.1) is 0 Å². The number of aromatic nitrogens is 1. The molecule has 3 N–H and O–H groups in total. The summed E-state index contributed by atoms with van der Waals surface area (Å²) < 4.78 is 5.20. The van der Waals surface area contributed by atoms with Crippen LogP contribution < -0.4 is 10.5 Å². The molecule has 1 aromatic heterocycles. The fourth-order valence-corrected chi connectivity index (χ4v) is 1.99. The van der Waals surface area contributed by atoms with Gasteiger partial charge in [-0.05, 0) is 36.2 Å². The molecule has 4 heteroatoms. The maximum Gasteiger partial charge on any atom is 0.119 e. The molecule has 1 heterocycles. The smallest absolute Gasteiger partial charge is 0.119 e. The quantitative estimate of drug-likeness (QED) is 0.866. The van der Waals surface area contributed by atoms with Crippen molar-refractivity contribution < 1.29 is 9.84 Å². The predicted octanol–water partition coefficient (Wildman–Crippen LogP) is 2.01. The molecule has 96 valence electrons. The maximum atomic E-state index is 10.3. The molecule has 18 heavy (non-hydrogen) atoms. The Bertz CT molecular complexity index is 542. The van der Waals surface area contributed by atoms with Crippen molar-refractivity contribution in [3.05, 3.63) is 36.0 Å². The van der Waals surface area contributed by atoms with Gasteiger partial charge in [-0.2, -0.15) is 0 Å². The van der Waals surface area contributed by atoms with Crippen molar-refractivity contribution in [2.45, 2.75) is 25.5 Å². The third kappa shape index (κ3) is 2.30. The van der Waals surface area contributed by atoms with Gasteiger partial charge in [-0.15, -0.1) is 0 Å². The molecule has 4 nitrogen and oxygen atoms in total. The van der Waals surface area contributed by atoms with E-state index in [4.69, 9.17) is 10.5 Å². The second-order valence-corrected chi connectivity index (χ2v) is 4.30. The van der Waals surface area contributed by atoms with Crippen LogP contribution in [0.25, 0.3) is 10.9 Å². The van der Waals surface area contributed by atoms with E-state index in [0.29, 0.717) is 0 Å². The van der Waals surface area contributed by atoms with Gasteiger partial charge in [-0.3, -0.25) is 4.98 Å². The topological polar surface area (TPSA) is 68.4 Å². The summed E-state index contributed by atoms with van der Waals surface area (Å²) in [6.45, 7) is 1.96. The zero-order chi connectivity index (χ0) is 13.1. The molecule has 0 saturated carbocycles. The number of hydrogen-bond acceptors (Lipinski definition) is 4. The number of benzene rings is 1. The summed E-state index contributed by atoms with van der Waals surface area (Å²) >= 11 is 0. The number of nitrogens with two attached hydrogens (primary N) is 1. The predicted molar refractivity (Wildman–Crippen MR) is 71.5 cm³/mol. The van der Waals surface area contributed by atoms with E-state index < -0.39 is 6.10 Å². The van der Waals surface area contributed by atoms with Gasteiger partial charge >= 0.3 is 0 Å². The first-order valence-corrected chi connectivity index (χ1v) is 6.03. The number of pyridine rings is 1. The van der Waals surface area contributed by atoms with Crippen molar-refractivity contribution in [2.24, 2.45) is 5.73 Å². The van der Waals surface area contributed by atoms with Crippen LogP contribution >= 0.6 is 0 Å². The molecule has 2 atom stereocenters. The average molecular weight is 246 g/mol. The van der Waals surface area contributed by atoms with Crippen molar-refractivity contribution in [3.8, 4) is 5.75 Å². The summed E-state index contributed by atoms with van der Waals surface area (Å²) in [7, 11) is 1.62. The lowest BCUT2D eigenvalue weighted by Crippen LogP contribution is -2.27. The van der Waals surface area contributed by atoms with Gasteiger partial charge in [0.2, 0.25) is 0 Å². The summed E-state index contributed by atoms with van der Waals surface area (Å²) in [5.74, 6) is 0.744. The second kappa shape index (κ2) is 5.33. The molecule has 0 saturated heterocycles. The molecule has 2 aromatic rings. The van der Waals surface area contributed by atoms with Gasteiger partial charge in [0, 0.05) is 17.6 Å². The molecule has 0 spiro atoms. The molecule has 0 amide bonds. The van der Waals surface area contributed by atoms with Crippen LogP contribution in [-0.4, -0.2) is 23.2 Å². The molecular weight excluding hydrogens is 228 g/mol. The molecular formula is C14H18N2O2. The van der Waals surface area contributed by atoms with E-state index in [1.165, 1.54) is 0 Å². The normalized spacial score (nSPS) is 14.4. The largest absolute Gasteiger partial charge is 0.497 e. The highest BCUT2D eigenvalue weighted by Gasteiger charge is 2.18. The van der Waals surface area contributed by atoms with E-state index in [1.807, 2.05) is 31.2 Å². The van der Waals surface area contributed by atoms with Gasteiger partial charge in [0.15, 0.2) is 0 Å². The number of hydrogen-bond donors (Lipinski definition) is 2. The monoisotopic (exact) mass is 246 g/mol. The van der Waals surface area contributed by atoms with Gasteiger partial charge in [0.05, 0.1) is 18.7 Å². The Kier molecular flexibility index (Phi) is 3.79. The number of methoxy groups -OCH3 is 1. The van der Waals surface area contributed by atoms with Crippen LogP contribution in [0.2, 0.25) is 0 Å². The van der Waals surface area contributed by atoms with Crippen molar-refractivity contribution in [2.75, 3.05) is 7.11 Å². The van der Waals surface area contributed by atoms with Crippen LogP contribution in [0.1, 0.15) is 25.0 Å². The van der Waals surface area contributed by atoms with E-state index in [1.54, 1.807) is 13.3 Å². The molecule has 0 bridgehead atoms. The average Bonchev–Trinajstić information content (AvgIpc) is 2.44. The Balaban J connectivity index is 2.55. The number of nitrogens with zero attached hydrogens (tertiary/aromatic N) is 1. The summed E-state index contributed by atoms with van der Waals surface area (Å²) in [5, 5.41) is 11.1. The maximum absolute atomic E-state index is 10.3. The molecule has 2 rings (SSSR count). The number of aliphatic hydroxyl groups is 1. The lowest BCUT2D eigenvalue weighted by Gasteiger charge is -2.19. The molecule has 0 aliphatic rings. The van der Waals surface area contributed by atoms with Crippen LogP contribution in [0.3, 0.4) is 0 Å². The first-order chi connectivity index (χ1) is 8.67. The Morgan fingerprint density at radius 2 is 2.17 bits per heavy atom. The van der Waals surface area contributed by atoms with Gasteiger partial charge in [0.25, 0.3) is 0 Å². The highest BCUT2D eigenvalue weighted by Crippen LogP contribution is 2.28. The zero-order valence-corrected chi connectivity index (χ0v) is 10.6. The molecule has 0 aliphatic carbocycles. The molecule has 0 fully saturated rings. The van der Waals surface area contributed by atoms with Gasteiger partial charge in [-0.1, -0.05) is 6.92 Å². The molecule has 1 aromatic carbocycles. The summed E-state index contributed by atoms with van der Waals surface area (Å²) in [5.41, 5.74) is 7.54. The van der Waals surface area contributed by atoms with E-state index in [-0.39, 0.29) is 6.04 Å². The van der Waals surface area contributed by atoms with E-state index in [0.717, 1.165) is 28.6 Å². The number of aliphatic hydroxyl groups excluding tert-OH is 1. The summed E-state index contributed by atoms with van der Waals surface area (Å²) in [6, 6.07) is 7.14. The van der Waals surface area contributed by atoms with Crippen LogP contribution in [0.4, 0.5) is 0 Å². The number of rotatable bonds is 4. The Hall–Kier alpha value is -1.65. The highest BCUT2D eigenvalue weighted by atomic mass is 16.5. The van der Waals surface area contributed by atoms with E-state index in [9.17, 15) is 5.11 Å². The van der Waals surface area contributed by atoms with Crippen molar-refractivity contribution in [3.63, 3.8) is 0 Å². The first-order valence-electron chi connectivity index (χ1n) is 6.03. The minimum absolute atomic E-state index is 0.276. The Morgan fingerprint density at radius 3 is 2.83 bits per heavy atom. The second-order valence-electron chi connectivity index (χ2n) is 4.30. The van der Waals surface area contributed by atoms with Crippen LogP contribution in [-0.2, 0) is 0 Å². The third-order valence-corrected chi connectivity index (χ3v) is 3.18. The zero-order valence-electron chi connectivity index (χ0n) is 10.6. The SMILES string of the molecule is CC[C@@H](N)[C@H](O)c1ccnc2ccc(OC)cc12. The Morgan fingerprint density at radius 1 is 1.39 bits per heavy atom. The number of fused-ring (bicyclic) bond motifs is 1. The Labute approximate surface area is 106 Å². The molecule has 0 unspecified atom stereocenters. The van der Waals surface area contributed by atoms with Gasteiger partial charge < -0.3 is 15.6 Å². The van der Waals surface area contributed by atoms with Crippen molar-refractivity contribution in [1.82, 2.24) is 4.98 Å². The standard InChI is InChI=1S/C14H18N2O2/c1-3-12(15)14(17)10-6-7-16-13-5-4-9(18-2)8-11(10)13/h4-8,12,14,17H,3,15H2,1-2H3/t12-,14-/m1/s1. The minimum Gasteiger partial charge on any atom is -0.497 e. The highest BCUT2D eigenvalue weighted by molar-refractivity contribution is 5.83. The first kappa shape index (κ1) is 12.8. The molecule has 0 aliphatic heterocycles. The summed E-state index contributed by atoms with van der Waals surface area (Å²) in [6.07, 6.45) is 1.72. The van der Waals surface area contributed by atoms with Crippen molar-refractivity contribution >= 4 is 10.9 Å². The fraction of sp³-hybridized carbons (Fsp3) is 0.357. The summed E-state index contributed by atoms with van der Waals surface area (Å²) in [4.78, 5) is 4.28. The fourth-order valence-electron chi connectivity index (χ4n) is 1.99. The van der Waals surface area contributed by atoms with Gasteiger partial charge in [0.1, 0.15) is 5.75 Å². The minimum atomic E-state index is -0.687.